The third kappa shape index (κ3) is 7.11. The molecule has 0 heterocycles. The zero-order valence-electron chi connectivity index (χ0n) is 20.9. The summed E-state index contributed by atoms with van der Waals surface area (Å²) in [5.74, 6) is 0.738. The van der Waals surface area contributed by atoms with Crippen molar-refractivity contribution in [1.82, 2.24) is 0 Å². The lowest BCUT2D eigenvalue weighted by Crippen LogP contribution is -2.14. The van der Waals surface area contributed by atoms with Crippen LogP contribution in [0.25, 0.3) is 21.5 Å². The summed E-state index contributed by atoms with van der Waals surface area (Å²) in [7, 11) is 0. The van der Waals surface area contributed by atoms with E-state index >= 15 is 0 Å². The van der Waals surface area contributed by atoms with Gasteiger partial charge in [0.25, 0.3) is 0 Å². The van der Waals surface area contributed by atoms with Crippen molar-refractivity contribution in [2.24, 2.45) is 0 Å². The van der Waals surface area contributed by atoms with Crippen molar-refractivity contribution in [3.8, 4) is 11.5 Å². The Morgan fingerprint density at radius 1 is 0.722 bits per heavy atom. The molecular formula is C30H34O6. The molecule has 0 radical (unpaired) electrons. The minimum absolute atomic E-state index is 0.266. The van der Waals surface area contributed by atoms with Gasteiger partial charge in [-0.1, -0.05) is 55.5 Å². The number of unbranched alkanes of at least 4 members (excludes halogenated alkanes) is 4. The van der Waals surface area contributed by atoms with Crippen molar-refractivity contribution in [3.63, 3.8) is 0 Å². The van der Waals surface area contributed by atoms with E-state index in [1.165, 1.54) is 0 Å². The van der Waals surface area contributed by atoms with Gasteiger partial charge in [-0.15, -0.1) is 13.2 Å². The molecule has 0 aliphatic rings. The molecule has 0 aliphatic carbocycles. The monoisotopic (exact) mass is 490 g/mol. The molecule has 0 saturated carbocycles. The molecule has 3 aromatic rings. The van der Waals surface area contributed by atoms with Crippen molar-refractivity contribution in [2.45, 2.75) is 51.9 Å². The molecule has 0 aliphatic heterocycles. The van der Waals surface area contributed by atoms with Crippen molar-refractivity contribution < 1.29 is 28.5 Å². The van der Waals surface area contributed by atoms with E-state index in [1.807, 2.05) is 61.5 Å². The summed E-state index contributed by atoms with van der Waals surface area (Å²) in [6.07, 6.45) is 7.89. The van der Waals surface area contributed by atoms with Crippen LogP contribution in [0.15, 0.2) is 67.8 Å². The quantitative estimate of drug-likeness (QED) is 0.0789. The van der Waals surface area contributed by atoms with Crippen LogP contribution in [-0.2, 0) is 15.9 Å². The van der Waals surface area contributed by atoms with E-state index in [2.05, 4.69) is 13.2 Å². The average molecular weight is 491 g/mol. The van der Waals surface area contributed by atoms with Crippen LogP contribution in [0, 0.1) is 0 Å². The highest BCUT2D eigenvalue weighted by molar-refractivity contribution is 6.12. The second kappa shape index (κ2) is 13.9. The smallest absolute Gasteiger partial charge is 0.434 e. The Morgan fingerprint density at radius 3 is 1.72 bits per heavy atom. The first-order chi connectivity index (χ1) is 17.6. The first kappa shape index (κ1) is 26.8. The van der Waals surface area contributed by atoms with Gasteiger partial charge < -0.3 is 18.9 Å². The molecule has 0 saturated heterocycles. The number of carbonyl (C=O) groups is 2. The number of benzene rings is 3. The van der Waals surface area contributed by atoms with Gasteiger partial charge in [0.15, 0.2) is 0 Å². The second-order valence-electron chi connectivity index (χ2n) is 8.41. The Hall–Kier alpha value is -3.80. The number of rotatable bonds is 13. The molecule has 6 nitrogen and oxygen atoms in total. The lowest BCUT2D eigenvalue weighted by molar-refractivity contribution is 0.0968. The lowest BCUT2D eigenvalue weighted by atomic mass is 9.98. The van der Waals surface area contributed by atoms with Gasteiger partial charge in [-0.05, 0) is 56.6 Å². The number of hydrogen-bond donors (Lipinski definition) is 0. The molecule has 0 aromatic heterocycles. The maximum absolute atomic E-state index is 12.6. The SMILES string of the molecule is C=CCCCCOC(=O)Oc1c2ccccc2c(OC(=O)OCCCCC=C)c2cc(CC)ccc12. The van der Waals surface area contributed by atoms with E-state index in [4.69, 9.17) is 18.9 Å². The molecule has 190 valence electrons. The number of ether oxygens (including phenoxy) is 4. The minimum Gasteiger partial charge on any atom is -0.434 e. The summed E-state index contributed by atoms with van der Waals surface area (Å²) in [5, 5.41) is 2.57. The number of aryl methyl sites for hydroxylation is 1. The van der Waals surface area contributed by atoms with Crippen LogP contribution in [0.1, 0.15) is 51.0 Å². The first-order valence-corrected chi connectivity index (χ1v) is 12.5. The number of hydrogen-bond acceptors (Lipinski definition) is 6. The molecule has 3 aromatic carbocycles. The maximum Gasteiger partial charge on any atom is 0.513 e. The van der Waals surface area contributed by atoms with E-state index < -0.39 is 12.3 Å². The number of carbonyl (C=O) groups excluding carboxylic acids is 2. The normalized spacial score (nSPS) is 10.7. The summed E-state index contributed by atoms with van der Waals surface area (Å²) in [4.78, 5) is 25.1. The van der Waals surface area contributed by atoms with E-state index in [9.17, 15) is 9.59 Å². The molecule has 0 amide bonds. The fourth-order valence-corrected chi connectivity index (χ4v) is 3.90. The van der Waals surface area contributed by atoms with Gasteiger partial charge in [-0.25, -0.2) is 9.59 Å². The van der Waals surface area contributed by atoms with E-state index in [0.717, 1.165) is 50.5 Å². The highest BCUT2D eigenvalue weighted by Gasteiger charge is 2.21. The van der Waals surface area contributed by atoms with Crippen molar-refractivity contribution in [2.75, 3.05) is 13.2 Å². The molecule has 36 heavy (non-hydrogen) atoms. The Labute approximate surface area is 212 Å². The third-order valence-electron chi connectivity index (χ3n) is 5.81. The molecule has 0 unspecified atom stereocenters. The van der Waals surface area contributed by atoms with Gasteiger partial charge in [0.05, 0.1) is 13.2 Å². The molecule has 0 bridgehead atoms. The van der Waals surface area contributed by atoms with E-state index in [1.54, 1.807) is 0 Å². The molecule has 0 fully saturated rings. The number of fused-ring (bicyclic) bond motifs is 2. The average Bonchev–Trinajstić information content (AvgIpc) is 2.90. The summed E-state index contributed by atoms with van der Waals surface area (Å²) in [6.45, 7) is 9.97. The predicted octanol–water partition coefficient (Wildman–Crippen LogP) is 8.30. The Kier molecular flexibility index (Phi) is 10.4. The van der Waals surface area contributed by atoms with Gasteiger partial charge >= 0.3 is 12.3 Å². The Balaban J connectivity index is 1.93. The van der Waals surface area contributed by atoms with Gasteiger partial charge in [0.2, 0.25) is 0 Å². The summed E-state index contributed by atoms with van der Waals surface area (Å²) < 4.78 is 22.1. The highest BCUT2D eigenvalue weighted by Crippen LogP contribution is 2.43. The Bertz CT molecular complexity index is 1210. The third-order valence-corrected chi connectivity index (χ3v) is 5.81. The van der Waals surface area contributed by atoms with Crippen LogP contribution < -0.4 is 9.47 Å². The zero-order valence-corrected chi connectivity index (χ0v) is 20.9. The van der Waals surface area contributed by atoms with Crippen LogP contribution in [-0.4, -0.2) is 25.5 Å². The van der Waals surface area contributed by atoms with Crippen LogP contribution in [0.4, 0.5) is 9.59 Å². The second-order valence-corrected chi connectivity index (χ2v) is 8.41. The van der Waals surface area contributed by atoms with E-state index in [-0.39, 0.29) is 13.2 Å². The van der Waals surface area contributed by atoms with Crippen LogP contribution >= 0.6 is 0 Å². The largest absolute Gasteiger partial charge is 0.513 e. The molecular weight excluding hydrogens is 456 g/mol. The van der Waals surface area contributed by atoms with Crippen LogP contribution in [0.3, 0.4) is 0 Å². The molecule has 6 heteroatoms. The fourth-order valence-electron chi connectivity index (χ4n) is 3.90. The standard InChI is InChI=1S/C30H34O6/c1-4-7-9-13-19-33-29(31)35-27-23-15-11-12-16-24(23)28(26-21-22(6-3)17-18-25(26)27)36-30(32)34-20-14-10-8-5-2/h4-5,11-12,15-18,21H,1-2,6-10,13-14,19-20H2,3H3. The lowest BCUT2D eigenvalue weighted by Gasteiger charge is -2.17. The van der Waals surface area contributed by atoms with Crippen molar-refractivity contribution >= 4 is 33.9 Å². The van der Waals surface area contributed by atoms with Gasteiger partial charge in [-0.2, -0.15) is 0 Å². The molecule has 0 atom stereocenters. The maximum atomic E-state index is 12.6. The topological polar surface area (TPSA) is 71.1 Å². The summed E-state index contributed by atoms with van der Waals surface area (Å²) >= 11 is 0. The molecule has 3 rings (SSSR count). The van der Waals surface area contributed by atoms with Gasteiger partial charge in [0.1, 0.15) is 11.5 Å². The summed E-state index contributed by atoms with van der Waals surface area (Å²) in [6, 6.07) is 13.1. The van der Waals surface area contributed by atoms with Crippen LogP contribution in [0.5, 0.6) is 11.5 Å². The van der Waals surface area contributed by atoms with Crippen LogP contribution in [0.2, 0.25) is 0 Å². The molecule has 0 N–H and O–H groups in total. The highest BCUT2D eigenvalue weighted by atomic mass is 16.7. The summed E-state index contributed by atoms with van der Waals surface area (Å²) in [5.41, 5.74) is 1.05. The van der Waals surface area contributed by atoms with Gasteiger partial charge in [0, 0.05) is 21.5 Å². The molecule has 0 spiro atoms. The minimum atomic E-state index is -0.771. The van der Waals surface area contributed by atoms with Crippen molar-refractivity contribution in [3.05, 3.63) is 73.3 Å². The van der Waals surface area contributed by atoms with E-state index in [0.29, 0.717) is 33.0 Å². The van der Waals surface area contributed by atoms with Crippen molar-refractivity contribution in [1.29, 1.82) is 0 Å². The predicted molar refractivity (Wildman–Crippen MR) is 143 cm³/mol. The van der Waals surface area contributed by atoms with Gasteiger partial charge in [-0.3, -0.25) is 0 Å². The zero-order chi connectivity index (χ0) is 25.8. The Morgan fingerprint density at radius 2 is 1.22 bits per heavy atom. The first-order valence-electron chi connectivity index (χ1n) is 12.5. The fraction of sp³-hybridized carbons (Fsp3) is 0.333. The number of allylic oxidation sites excluding steroid dienone is 2.